The van der Waals surface area contributed by atoms with Crippen molar-refractivity contribution in [1.29, 1.82) is 0 Å². The zero-order chi connectivity index (χ0) is 19.2. The smallest absolute Gasteiger partial charge is 0.243 e. The third kappa shape index (κ3) is 2.31. The van der Waals surface area contributed by atoms with Crippen LogP contribution in [0.25, 0.3) is 10.8 Å². The lowest BCUT2D eigenvalue weighted by Gasteiger charge is -2.18. The van der Waals surface area contributed by atoms with Crippen LogP contribution in [0.5, 0.6) is 0 Å². The van der Waals surface area contributed by atoms with Crippen molar-refractivity contribution in [2.75, 3.05) is 32.9 Å². The van der Waals surface area contributed by atoms with E-state index in [2.05, 4.69) is 0 Å². The van der Waals surface area contributed by atoms with E-state index < -0.39 is 24.0 Å². The molecule has 0 saturated heterocycles. The van der Waals surface area contributed by atoms with Crippen LogP contribution in [0, 0.1) is 0 Å². The van der Waals surface area contributed by atoms with Gasteiger partial charge < -0.3 is 4.90 Å². The minimum Gasteiger partial charge on any atom is -0.377 e. The molecule has 0 heterocycles. The first-order chi connectivity index (χ1) is 11.3. The lowest BCUT2D eigenvalue weighted by Crippen LogP contribution is -2.22. The molecule has 2 rings (SSSR count). The fourth-order valence-electron chi connectivity index (χ4n) is 1.88. The highest BCUT2D eigenvalue weighted by molar-refractivity contribution is 7.89. The van der Waals surface area contributed by atoms with Crippen molar-refractivity contribution in [2.45, 2.75) is 4.90 Å². The molecule has 2 aromatic carbocycles. The van der Waals surface area contributed by atoms with E-state index in [0.717, 1.165) is 4.31 Å². The quantitative estimate of drug-likeness (QED) is 0.867. The van der Waals surface area contributed by atoms with E-state index in [9.17, 15) is 8.42 Å². The summed E-state index contributed by atoms with van der Waals surface area (Å²) in [6.45, 7) is -5.84. The molecule has 19 heavy (non-hydrogen) atoms. The number of rotatable bonds is 3. The molecule has 0 amide bonds. The number of nitrogens with zero attached hydrogens (tertiary/aromatic N) is 2. The second-order valence-corrected chi connectivity index (χ2v) is 6.37. The van der Waals surface area contributed by atoms with Crippen molar-refractivity contribution < 1.29 is 16.6 Å². The van der Waals surface area contributed by atoms with Crippen molar-refractivity contribution in [3.63, 3.8) is 0 Å². The van der Waals surface area contributed by atoms with E-state index in [1.54, 1.807) is 0 Å². The molecule has 0 bridgehead atoms. The largest absolute Gasteiger partial charge is 0.377 e. The zero-order valence-electron chi connectivity index (χ0n) is 16.6. The Kier molecular flexibility index (Phi) is 2.00. The second-order valence-electron chi connectivity index (χ2n) is 4.25. The van der Waals surface area contributed by atoms with Gasteiger partial charge in [0, 0.05) is 52.7 Å². The van der Waals surface area contributed by atoms with Crippen LogP contribution in [-0.2, 0) is 10.0 Å². The van der Waals surface area contributed by atoms with Crippen LogP contribution in [0.3, 0.4) is 0 Å². The predicted molar refractivity (Wildman–Crippen MR) is 79.1 cm³/mol. The predicted octanol–water partition coefficient (Wildman–Crippen LogP) is 2.16. The van der Waals surface area contributed by atoms with Gasteiger partial charge in [-0.15, -0.1) is 0 Å². The molecule has 0 aliphatic heterocycles. The standard InChI is InChI=1S/C14H18N2O2S/c1-15(2)13-9-5-8-12-11(13)7-6-10-14(12)19(17,18)16(3)4/h5-10H,1-4H3/i1D3,2D3. The molecule has 0 atom stereocenters. The van der Waals surface area contributed by atoms with Gasteiger partial charge in [-0.1, -0.05) is 24.3 Å². The molecule has 4 nitrogen and oxygen atoms in total. The van der Waals surface area contributed by atoms with Gasteiger partial charge in [-0.05, 0) is 12.1 Å². The van der Waals surface area contributed by atoms with Gasteiger partial charge in [0.25, 0.3) is 0 Å². The summed E-state index contributed by atoms with van der Waals surface area (Å²) in [5, 5.41) is 0.491. The minimum absolute atomic E-state index is 0.0205. The van der Waals surface area contributed by atoms with Crippen molar-refractivity contribution in [2.24, 2.45) is 0 Å². The number of benzene rings is 2. The first-order valence-electron chi connectivity index (χ1n) is 8.52. The molecular formula is C14H18N2O2S. The third-order valence-electron chi connectivity index (χ3n) is 2.86. The number of anilines is 1. The van der Waals surface area contributed by atoms with Gasteiger partial charge in [-0.25, -0.2) is 12.7 Å². The number of hydrogen-bond acceptors (Lipinski definition) is 3. The number of fused-ring (bicyclic) bond motifs is 1. The SMILES string of the molecule is [2H]C([2H])([2H])N(c1cccc2c(S(=O)(=O)N(C)C)cccc12)C([2H])([2H])[2H]. The maximum absolute atomic E-state index is 12.5. The Balaban J connectivity index is 2.86. The Morgan fingerprint density at radius 2 is 1.63 bits per heavy atom. The summed E-state index contributed by atoms with van der Waals surface area (Å²) in [5.41, 5.74) is -0.0756. The summed E-state index contributed by atoms with van der Waals surface area (Å²) in [5.74, 6) is 0. The monoisotopic (exact) mass is 284 g/mol. The molecule has 0 radical (unpaired) electrons. The van der Waals surface area contributed by atoms with Gasteiger partial charge in [0.05, 0.1) is 4.90 Å². The van der Waals surface area contributed by atoms with Gasteiger partial charge in [-0.3, -0.25) is 0 Å². The van der Waals surface area contributed by atoms with E-state index in [0.29, 0.717) is 4.90 Å². The first kappa shape index (κ1) is 7.87. The number of sulfonamides is 1. The molecule has 0 spiro atoms. The molecule has 0 unspecified atom stereocenters. The summed E-state index contributed by atoms with van der Waals surface area (Å²) in [7, 11) is -1.02. The summed E-state index contributed by atoms with van der Waals surface area (Å²) < 4.78 is 71.5. The van der Waals surface area contributed by atoms with E-state index in [4.69, 9.17) is 8.22 Å². The summed E-state index contributed by atoms with van der Waals surface area (Å²) >= 11 is 0. The molecule has 0 saturated carbocycles. The fourth-order valence-corrected chi connectivity index (χ4v) is 2.98. The highest BCUT2D eigenvalue weighted by Crippen LogP contribution is 2.30. The van der Waals surface area contributed by atoms with Gasteiger partial charge in [-0.2, -0.15) is 0 Å². The maximum atomic E-state index is 12.5. The molecular weight excluding hydrogens is 260 g/mol. The van der Waals surface area contributed by atoms with Crippen molar-refractivity contribution in [1.82, 2.24) is 4.31 Å². The molecule has 0 N–H and O–H groups in total. The maximum Gasteiger partial charge on any atom is 0.243 e. The number of hydrogen-bond donors (Lipinski definition) is 0. The lowest BCUT2D eigenvalue weighted by molar-refractivity contribution is 0.521. The van der Waals surface area contributed by atoms with Crippen LogP contribution in [0.1, 0.15) is 8.22 Å². The highest BCUT2D eigenvalue weighted by Gasteiger charge is 2.20. The molecule has 0 aliphatic carbocycles. The van der Waals surface area contributed by atoms with Crippen LogP contribution >= 0.6 is 0 Å². The molecule has 2 aromatic rings. The Morgan fingerprint density at radius 1 is 1.00 bits per heavy atom. The Labute approximate surface area is 122 Å². The average molecular weight is 284 g/mol. The molecule has 0 fully saturated rings. The van der Waals surface area contributed by atoms with Crippen molar-refractivity contribution in [3.8, 4) is 0 Å². The molecule has 5 heteroatoms. The van der Waals surface area contributed by atoms with Gasteiger partial charge in [0.2, 0.25) is 10.0 Å². The van der Waals surface area contributed by atoms with Crippen LogP contribution < -0.4 is 4.90 Å². The van der Waals surface area contributed by atoms with Crippen molar-refractivity contribution in [3.05, 3.63) is 36.4 Å². The first-order valence-corrected chi connectivity index (χ1v) is 6.96. The zero-order valence-corrected chi connectivity index (χ0v) is 11.4. The topological polar surface area (TPSA) is 40.6 Å². The summed E-state index contributed by atoms with van der Waals surface area (Å²) in [6, 6.07) is 8.68. The van der Waals surface area contributed by atoms with Gasteiger partial charge in [0.15, 0.2) is 0 Å². The Bertz CT molecular complexity index is 876. The van der Waals surface area contributed by atoms with Crippen molar-refractivity contribution >= 4 is 26.5 Å². The Morgan fingerprint density at radius 3 is 2.26 bits per heavy atom. The minimum atomic E-state index is -3.78. The molecule has 0 aromatic heterocycles. The highest BCUT2D eigenvalue weighted by atomic mass is 32.2. The normalized spacial score (nSPS) is 18.1. The summed E-state index contributed by atoms with van der Waals surface area (Å²) in [4.78, 5) is 0.335. The fraction of sp³-hybridized carbons (Fsp3) is 0.286. The summed E-state index contributed by atoms with van der Waals surface area (Å²) in [6.07, 6.45) is 0. The van der Waals surface area contributed by atoms with E-state index in [1.807, 2.05) is 0 Å². The van der Waals surface area contributed by atoms with E-state index in [1.165, 1.54) is 50.5 Å². The van der Waals surface area contributed by atoms with Crippen LogP contribution in [-0.4, -0.2) is 40.8 Å². The molecule has 102 valence electrons. The van der Waals surface area contributed by atoms with Gasteiger partial charge >= 0.3 is 0 Å². The lowest BCUT2D eigenvalue weighted by atomic mass is 10.1. The van der Waals surface area contributed by atoms with E-state index >= 15 is 0 Å². The van der Waals surface area contributed by atoms with Crippen LogP contribution in [0.4, 0.5) is 5.69 Å². The van der Waals surface area contributed by atoms with Gasteiger partial charge in [0.1, 0.15) is 0 Å². The average Bonchev–Trinajstić information content (AvgIpc) is 2.43. The third-order valence-corrected chi connectivity index (χ3v) is 4.73. The second kappa shape index (κ2) is 4.83. The molecule has 0 aliphatic rings. The van der Waals surface area contributed by atoms with Crippen LogP contribution in [0.2, 0.25) is 0 Å². The van der Waals surface area contributed by atoms with Crippen LogP contribution in [0.15, 0.2) is 41.3 Å². The van der Waals surface area contributed by atoms with E-state index in [-0.39, 0.29) is 21.4 Å². The Hall–Kier alpha value is -1.59.